The zero-order chi connectivity index (χ0) is 12.6. The van der Waals surface area contributed by atoms with Gasteiger partial charge >= 0.3 is 0 Å². The lowest BCUT2D eigenvalue weighted by molar-refractivity contribution is -0.384. The van der Waals surface area contributed by atoms with E-state index in [0.717, 1.165) is 0 Å². The van der Waals surface area contributed by atoms with Gasteiger partial charge in [0.15, 0.2) is 0 Å². The third-order valence-corrected chi connectivity index (χ3v) is 3.45. The van der Waals surface area contributed by atoms with Gasteiger partial charge in [-0.15, -0.1) is 0 Å². The van der Waals surface area contributed by atoms with Crippen LogP contribution in [0.5, 0.6) is 0 Å². The second kappa shape index (κ2) is 4.50. The minimum atomic E-state index is -0.407. The van der Waals surface area contributed by atoms with Crippen molar-refractivity contribution >= 4 is 23.0 Å². The summed E-state index contributed by atoms with van der Waals surface area (Å²) in [5, 5.41) is 11.4. The van der Waals surface area contributed by atoms with Crippen LogP contribution in [0.2, 0.25) is 5.02 Å². The van der Waals surface area contributed by atoms with E-state index in [-0.39, 0.29) is 11.7 Å². The summed E-state index contributed by atoms with van der Waals surface area (Å²) in [5.41, 5.74) is 6.45. The maximum Gasteiger partial charge on any atom is 0.294 e. The van der Waals surface area contributed by atoms with Crippen LogP contribution in [0.3, 0.4) is 0 Å². The van der Waals surface area contributed by atoms with Gasteiger partial charge in [-0.1, -0.05) is 24.6 Å². The highest BCUT2D eigenvalue weighted by Gasteiger charge is 2.31. The zero-order valence-corrected chi connectivity index (χ0v) is 10.2. The number of halogens is 1. The predicted octanol–water partition coefficient (Wildman–Crippen LogP) is 2.03. The first kappa shape index (κ1) is 12.1. The van der Waals surface area contributed by atoms with Crippen LogP contribution in [0.4, 0.5) is 11.4 Å². The maximum atomic E-state index is 11.0. The highest BCUT2D eigenvalue weighted by Crippen LogP contribution is 2.37. The van der Waals surface area contributed by atoms with E-state index < -0.39 is 4.92 Å². The number of rotatable bonds is 2. The van der Waals surface area contributed by atoms with Crippen molar-refractivity contribution in [3.8, 4) is 0 Å². The van der Waals surface area contributed by atoms with Crippen LogP contribution < -0.4 is 10.6 Å². The van der Waals surface area contributed by atoms with Gasteiger partial charge in [0.2, 0.25) is 0 Å². The molecule has 1 fully saturated rings. The van der Waals surface area contributed by atoms with Crippen molar-refractivity contribution in [2.24, 2.45) is 11.7 Å². The standard InChI is InChI=1S/C11H14ClN3O2/c1-7-5-14(6-9(7)13)11-8(12)3-2-4-10(11)15(16)17/h2-4,7,9H,5-6,13H2,1H3. The van der Waals surface area contributed by atoms with E-state index in [1.807, 2.05) is 11.8 Å². The van der Waals surface area contributed by atoms with E-state index in [4.69, 9.17) is 17.3 Å². The van der Waals surface area contributed by atoms with Crippen LogP contribution in [0.15, 0.2) is 18.2 Å². The molecule has 1 aliphatic heterocycles. The van der Waals surface area contributed by atoms with Crippen molar-refractivity contribution in [3.63, 3.8) is 0 Å². The minimum absolute atomic E-state index is 0.0332. The Labute approximate surface area is 104 Å². The Morgan fingerprint density at radius 1 is 1.53 bits per heavy atom. The summed E-state index contributed by atoms with van der Waals surface area (Å²) in [4.78, 5) is 12.5. The normalized spacial score (nSPS) is 24.1. The van der Waals surface area contributed by atoms with Gasteiger partial charge in [0.05, 0.1) is 9.95 Å². The van der Waals surface area contributed by atoms with Crippen LogP contribution in [-0.4, -0.2) is 24.1 Å². The molecule has 1 aliphatic rings. The SMILES string of the molecule is CC1CN(c2c(Cl)cccc2[N+](=O)[O-])CC1N. The molecule has 0 aromatic heterocycles. The van der Waals surface area contributed by atoms with Gasteiger partial charge in [0.25, 0.3) is 5.69 Å². The van der Waals surface area contributed by atoms with Gasteiger partial charge in [-0.3, -0.25) is 10.1 Å². The second-order valence-corrected chi connectivity index (χ2v) is 4.82. The van der Waals surface area contributed by atoms with Crippen molar-refractivity contribution in [2.75, 3.05) is 18.0 Å². The molecule has 1 saturated heterocycles. The fourth-order valence-electron chi connectivity index (χ4n) is 2.14. The van der Waals surface area contributed by atoms with Crippen LogP contribution in [0, 0.1) is 16.0 Å². The van der Waals surface area contributed by atoms with Crippen molar-refractivity contribution in [3.05, 3.63) is 33.3 Å². The number of hydrogen-bond acceptors (Lipinski definition) is 4. The first-order valence-electron chi connectivity index (χ1n) is 5.44. The number of nitrogens with two attached hydrogens (primary N) is 1. The second-order valence-electron chi connectivity index (χ2n) is 4.41. The molecule has 0 radical (unpaired) electrons. The number of anilines is 1. The minimum Gasteiger partial charge on any atom is -0.363 e. The molecule has 0 aliphatic carbocycles. The first-order chi connectivity index (χ1) is 8.00. The Morgan fingerprint density at radius 3 is 2.76 bits per heavy atom. The molecule has 0 amide bonds. The van der Waals surface area contributed by atoms with E-state index in [1.165, 1.54) is 6.07 Å². The van der Waals surface area contributed by atoms with Gasteiger partial charge < -0.3 is 10.6 Å². The first-order valence-corrected chi connectivity index (χ1v) is 5.82. The largest absolute Gasteiger partial charge is 0.363 e. The molecule has 1 aromatic carbocycles. The van der Waals surface area contributed by atoms with E-state index in [9.17, 15) is 10.1 Å². The molecule has 2 atom stereocenters. The van der Waals surface area contributed by atoms with Crippen LogP contribution >= 0.6 is 11.6 Å². The number of nitro groups is 1. The summed E-state index contributed by atoms with van der Waals surface area (Å²) in [7, 11) is 0. The molecule has 6 heteroatoms. The molecular weight excluding hydrogens is 242 g/mol. The molecule has 2 rings (SSSR count). The molecule has 0 spiro atoms. The number of para-hydroxylation sites is 1. The molecule has 2 N–H and O–H groups in total. The monoisotopic (exact) mass is 255 g/mol. The van der Waals surface area contributed by atoms with Gasteiger partial charge in [-0.25, -0.2) is 0 Å². The molecule has 5 nitrogen and oxygen atoms in total. The predicted molar refractivity (Wildman–Crippen MR) is 67.5 cm³/mol. The Morgan fingerprint density at radius 2 is 2.24 bits per heavy atom. The average Bonchev–Trinajstić information content (AvgIpc) is 2.58. The fourth-order valence-corrected chi connectivity index (χ4v) is 2.43. The molecule has 0 saturated carbocycles. The molecular formula is C11H14ClN3O2. The number of nitro benzene ring substituents is 1. The van der Waals surface area contributed by atoms with Crippen molar-refractivity contribution in [1.29, 1.82) is 0 Å². The van der Waals surface area contributed by atoms with Gasteiger partial charge in [0.1, 0.15) is 5.69 Å². The van der Waals surface area contributed by atoms with Gasteiger partial charge in [-0.2, -0.15) is 0 Å². The lowest BCUT2D eigenvalue weighted by Gasteiger charge is -2.19. The third kappa shape index (κ3) is 2.21. The Kier molecular flexibility index (Phi) is 3.22. The number of benzene rings is 1. The van der Waals surface area contributed by atoms with Gasteiger partial charge in [-0.05, 0) is 12.0 Å². The summed E-state index contributed by atoms with van der Waals surface area (Å²) in [6.07, 6.45) is 0. The maximum absolute atomic E-state index is 11.0. The van der Waals surface area contributed by atoms with Crippen molar-refractivity contribution < 1.29 is 4.92 Å². The smallest absolute Gasteiger partial charge is 0.294 e. The Balaban J connectivity index is 2.41. The van der Waals surface area contributed by atoms with E-state index in [0.29, 0.717) is 29.7 Å². The highest BCUT2D eigenvalue weighted by molar-refractivity contribution is 6.33. The summed E-state index contributed by atoms with van der Waals surface area (Å²) < 4.78 is 0. The van der Waals surface area contributed by atoms with Crippen LogP contribution in [0.1, 0.15) is 6.92 Å². The van der Waals surface area contributed by atoms with Crippen LogP contribution in [-0.2, 0) is 0 Å². The number of hydrogen-bond donors (Lipinski definition) is 1. The van der Waals surface area contributed by atoms with Gasteiger partial charge in [0, 0.05) is 25.2 Å². The molecule has 17 heavy (non-hydrogen) atoms. The van der Waals surface area contributed by atoms with Crippen molar-refractivity contribution in [2.45, 2.75) is 13.0 Å². The summed E-state index contributed by atoms with van der Waals surface area (Å²) in [6.45, 7) is 3.34. The molecule has 0 bridgehead atoms. The zero-order valence-electron chi connectivity index (χ0n) is 9.47. The van der Waals surface area contributed by atoms with Crippen molar-refractivity contribution in [1.82, 2.24) is 0 Å². The van der Waals surface area contributed by atoms with E-state index in [2.05, 4.69) is 0 Å². The molecule has 1 aromatic rings. The Hall–Kier alpha value is -1.33. The molecule has 2 unspecified atom stereocenters. The number of nitrogens with zero attached hydrogens (tertiary/aromatic N) is 2. The highest BCUT2D eigenvalue weighted by atomic mass is 35.5. The van der Waals surface area contributed by atoms with Crippen LogP contribution in [0.25, 0.3) is 0 Å². The third-order valence-electron chi connectivity index (χ3n) is 3.15. The quantitative estimate of drug-likeness (QED) is 0.648. The lowest BCUT2D eigenvalue weighted by atomic mass is 10.1. The lowest BCUT2D eigenvalue weighted by Crippen LogP contribution is -2.28. The summed E-state index contributed by atoms with van der Waals surface area (Å²) in [5.74, 6) is 0.311. The summed E-state index contributed by atoms with van der Waals surface area (Å²) >= 11 is 6.06. The Bertz CT molecular complexity index is 442. The topological polar surface area (TPSA) is 72.4 Å². The average molecular weight is 256 g/mol. The molecule has 92 valence electrons. The van der Waals surface area contributed by atoms with E-state index >= 15 is 0 Å². The van der Waals surface area contributed by atoms with E-state index in [1.54, 1.807) is 12.1 Å². The molecule has 1 heterocycles. The fraction of sp³-hybridized carbons (Fsp3) is 0.455. The summed E-state index contributed by atoms with van der Waals surface area (Å²) in [6, 6.07) is 4.75.